The molecule has 0 radical (unpaired) electrons. The van der Waals surface area contributed by atoms with Gasteiger partial charge in [-0.15, -0.1) is 4.83 Å². The molecule has 0 aliphatic carbocycles. The molecule has 1 aliphatic heterocycles. The van der Waals surface area contributed by atoms with E-state index in [4.69, 9.17) is 16.3 Å². The fourth-order valence-corrected chi connectivity index (χ4v) is 8.63. The summed E-state index contributed by atoms with van der Waals surface area (Å²) >= 11 is 7.17. The molecule has 0 aromatic heterocycles. The number of rotatable bonds is 25. The molecular weight excluding hydrogens is 740 g/mol. The minimum Gasteiger partial charge on any atom is -0.321 e. The van der Waals surface area contributed by atoms with Crippen LogP contribution in [0, 0.1) is 5.41 Å². The first-order valence-corrected chi connectivity index (χ1v) is 22.1. The zero-order valence-corrected chi connectivity index (χ0v) is 35.4. The summed E-state index contributed by atoms with van der Waals surface area (Å²) in [6.07, 6.45) is 14.1. The summed E-state index contributed by atoms with van der Waals surface area (Å²) in [4.78, 5) is 58.0. The second-order valence-electron chi connectivity index (χ2n) is 15.9. The first kappa shape index (κ1) is 46.2. The molecule has 0 spiro atoms. The smallest absolute Gasteiger partial charge is 0.321 e. The van der Waals surface area contributed by atoms with Crippen molar-refractivity contribution in [2.24, 2.45) is 5.41 Å². The van der Waals surface area contributed by atoms with Gasteiger partial charge in [0.15, 0.2) is 5.78 Å². The summed E-state index contributed by atoms with van der Waals surface area (Å²) in [5.74, 6) is -3.55. The number of sulfonamides is 1. The summed E-state index contributed by atoms with van der Waals surface area (Å²) in [5.41, 5.74) is -0.612. The van der Waals surface area contributed by atoms with E-state index in [0.29, 0.717) is 28.3 Å². The number of hydrazine groups is 1. The third kappa shape index (κ3) is 12.4. The van der Waals surface area contributed by atoms with Gasteiger partial charge in [-0.25, -0.2) is 22.7 Å². The Morgan fingerprint density at radius 3 is 1.75 bits per heavy atom. The molecular formula is C42H64ClN4O7S+. The molecule has 3 unspecified atom stereocenters. The molecule has 306 valence electrons. The maximum Gasteiger partial charge on any atom is 0.431 e. The van der Waals surface area contributed by atoms with E-state index in [1.165, 1.54) is 97.7 Å². The van der Waals surface area contributed by atoms with Crippen molar-refractivity contribution in [3.8, 4) is 0 Å². The normalized spacial score (nSPS) is 18.7. The average molecular weight is 805 g/mol. The molecule has 0 saturated carbocycles. The lowest BCUT2D eigenvalue weighted by molar-refractivity contribution is -0.878. The highest BCUT2D eigenvalue weighted by Gasteiger charge is 2.70. The highest BCUT2D eigenvalue weighted by molar-refractivity contribution is 7.89. The van der Waals surface area contributed by atoms with Gasteiger partial charge in [-0.1, -0.05) is 171 Å². The van der Waals surface area contributed by atoms with Crippen molar-refractivity contribution < 1.29 is 36.8 Å². The lowest BCUT2D eigenvalue weighted by atomic mass is 9.85. The number of anilines is 1. The Morgan fingerprint density at radius 2 is 1.27 bits per heavy atom. The fourth-order valence-electron chi connectivity index (χ4n) is 6.97. The van der Waals surface area contributed by atoms with Crippen molar-refractivity contribution in [1.82, 2.24) is 9.73 Å². The predicted molar refractivity (Wildman–Crippen MR) is 218 cm³/mol. The van der Waals surface area contributed by atoms with Gasteiger partial charge in [0.05, 0.1) is 25.1 Å². The van der Waals surface area contributed by atoms with Crippen molar-refractivity contribution in [3.63, 3.8) is 0 Å². The van der Waals surface area contributed by atoms with E-state index in [0.717, 1.165) is 19.3 Å². The molecule has 4 amide bonds. The number of hydrogen-bond acceptors (Lipinski definition) is 7. The molecule has 1 aliphatic rings. The standard InChI is InChI=1S/C42H64ClN4O7S/c1-7-9-10-11-12-13-14-15-16-17-18-19-20-27-32-55(52,53)44-46(35-30-25-22-26-31-35)39(50)42(43,38(49)41(3,4)5)45-36(48)37(54-8-2)47(6,40(45)51)33-34-28-23-21-24-29-34/h21-26,28-31,37,44H,7-20,27,32-33H2,1-6H3/q+1. The largest absolute Gasteiger partial charge is 0.431 e. The van der Waals surface area contributed by atoms with E-state index in [9.17, 15) is 27.6 Å². The molecule has 0 bridgehead atoms. The van der Waals surface area contributed by atoms with Crippen molar-refractivity contribution in [2.45, 2.75) is 142 Å². The maximum absolute atomic E-state index is 14.9. The van der Waals surface area contributed by atoms with Crippen molar-refractivity contribution in [2.75, 3.05) is 24.4 Å². The Bertz CT molecular complexity index is 1650. The topological polar surface area (TPSA) is 130 Å². The predicted octanol–water partition coefficient (Wildman–Crippen LogP) is 8.86. The number of carbonyl (C=O) groups excluding carboxylic acids is 4. The molecule has 55 heavy (non-hydrogen) atoms. The number of alkyl halides is 1. The Labute approximate surface area is 334 Å². The first-order valence-electron chi connectivity index (χ1n) is 20.1. The number of carbonyl (C=O) groups is 4. The molecule has 1 saturated heterocycles. The number of hydrogen-bond donors (Lipinski definition) is 1. The zero-order chi connectivity index (χ0) is 40.7. The molecule has 13 heteroatoms. The number of nitrogens with one attached hydrogen (secondary N) is 1. The van der Waals surface area contributed by atoms with Gasteiger partial charge in [0.25, 0.3) is 17.1 Å². The Morgan fingerprint density at radius 1 is 0.800 bits per heavy atom. The van der Waals surface area contributed by atoms with E-state index in [-0.39, 0.29) is 24.6 Å². The summed E-state index contributed by atoms with van der Waals surface area (Å²) in [6.45, 7) is 8.46. The molecule has 3 rings (SSSR count). The number of quaternary nitrogens is 1. The van der Waals surface area contributed by atoms with Crippen LogP contribution in [0.3, 0.4) is 0 Å². The average Bonchev–Trinajstić information content (AvgIpc) is 3.33. The van der Waals surface area contributed by atoms with Gasteiger partial charge in [-0.2, -0.15) is 4.90 Å². The summed E-state index contributed by atoms with van der Waals surface area (Å²) in [5, 5.41) is 0.673. The number of Topliss-reactive ketones (excluding diaryl/α,β-unsaturated/α-hetero) is 1. The van der Waals surface area contributed by atoms with Crippen molar-refractivity contribution in [1.29, 1.82) is 0 Å². The van der Waals surface area contributed by atoms with E-state index in [1.54, 1.807) is 49.4 Å². The lowest BCUT2D eigenvalue weighted by Crippen LogP contribution is -2.68. The Balaban J connectivity index is 1.81. The van der Waals surface area contributed by atoms with Gasteiger partial charge in [-0.05, 0) is 25.5 Å². The van der Waals surface area contributed by atoms with Crippen LogP contribution in [0.2, 0.25) is 0 Å². The van der Waals surface area contributed by atoms with Crippen LogP contribution in [0.25, 0.3) is 0 Å². The van der Waals surface area contributed by atoms with Gasteiger partial charge in [0, 0.05) is 11.0 Å². The molecule has 11 nitrogen and oxygen atoms in total. The summed E-state index contributed by atoms with van der Waals surface area (Å²) in [6, 6.07) is 15.8. The molecule has 3 atom stereocenters. The number of para-hydroxylation sites is 1. The number of nitrogens with zero attached hydrogens (tertiary/aromatic N) is 3. The number of benzene rings is 2. The fraction of sp³-hybridized carbons (Fsp3) is 0.619. The SMILES string of the molecule is CCCCCCCCCCCCCCCCS(=O)(=O)NN(C(=O)C(Cl)(C(=O)C(C)(C)C)N1C(=O)C(OCC)[N+](C)(Cc2ccccc2)C1=O)c1ccccc1. The van der Waals surface area contributed by atoms with Crippen LogP contribution >= 0.6 is 11.6 Å². The van der Waals surface area contributed by atoms with Crippen LogP contribution < -0.4 is 9.84 Å². The monoisotopic (exact) mass is 803 g/mol. The van der Waals surface area contributed by atoms with Crippen LogP contribution in [-0.2, 0) is 35.7 Å². The second-order valence-corrected chi connectivity index (χ2v) is 18.2. The number of ether oxygens (including phenoxy) is 1. The minimum atomic E-state index is -4.18. The Kier molecular flexibility index (Phi) is 18.0. The highest BCUT2D eigenvalue weighted by atomic mass is 35.5. The van der Waals surface area contributed by atoms with Crippen molar-refractivity contribution in [3.05, 3.63) is 66.2 Å². The third-order valence-electron chi connectivity index (χ3n) is 10.0. The number of amides is 4. The van der Waals surface area contributed by atoms with Gasteiger partial charge in [-0.3, -0.25) is 14.4 Å². The van der Waals surface area contributed by atoms with Crippen LogP contribution in [0.1, 0.15) is 130 Å². The number of imide groups is 1. The molecule has 1 fully saturated rings. The number of halogens is 1. The first-order chi connectivity index (χ1) is 26.0. The zero-order valence-electron chi connectivity index (χ0n) is 33.9. The lowest BCUT2D eigenvalue weighted by Gasteiger charge is -2.38. The Hall–Kier alpha value is -3.16. The second kappa shape index (κ2) is 21.4. The third-order valence-corrected chi connectivity index (χ3v) is 11.8. The molecule has 1 heterocycles. The van der Waals surface area contributed by atoms with Crippen LogP contribution in [0.15, 0.2) is 60.7 Å². The van der Waals surface area contributed by atoms with Crippen LogP contribution in [0.5, 0.6) is 0 Å². The minimum absolute atomic E-state index is 0.00826. The van der Waals surface area contributed by atoms with E-state index in [1.807, 2.05) is 6.07 Å². The van der Waals surface area contributed by atoms with Gasteiger partial charge in [0.2, 0.25) is 10.0 Å². The highest BCUT2D eigenvalue weighted by Crippen LogP contribution is 2.41. The van der Waals surface area contributed by atoms with Crippen LogP contribution in [-0.4, -0.2) is 72.1 Å². The maximum atomic E-state index is 14.9. The number of unbranched alkanes of at least 4 members (excludes halogenated alkanes) is 13. The van der Waals surface area contributed by atoms with E-state index >= 15 is 0 Å². The van der Waals surface area contributed by atoms with E-state index in [2.05, 4.69) is 11.8 Å². The number of ketones is 1. The van der Waals surface area contributed by atoms with Gasteiger partial charge < -0.3 is 4.74 Å². The van der Waals surface area contributed by atoms with Gasteiger partial charge >= 0.3 is 11.9 Å². The van der Waals surface area contributed by atoms with E-state index < -0.39 is 54.8 Å². The molecule has 2 aromatic carbocycles. The number of urea groups is 1. The van der Waals surface area contributed by atoms with Gasteiger partial charge in [0.1, 0.15) is 6.54 Å². The number of likely N-dealkylation sites (N-methyl/N-ethyl adjacent to an activating group) is 1. The molecule has 1 N–H and O–H groups in total. The van der Waals surface area contributed by atoms with Crippen molar-refractivity contribution >= 4 is 50.9 Å². The summed E-state index contributed by atoms with van der Waals surface area (Å²) in [7, 11) is -2.69. The molecule has 2 aromatic rings. The summed E-state index contributed by atoms with van der Waals surface area (Å²) < 4.78 is 32.4. The quantitative estimate of drug-likeness (QED) is 0.0202. The van der Waals surface area contributed by atoms with Crippen LogP contribution in [0.4, 0.5) is 10.5 Å².